The lowest BCUT2D eigenvalue weighted by Gasteiger charge is -2.24. The third kappa shape index (κ3) is 3.27. The predicted octanol–water partition coefficient (Wildman–Crippen LogP) is 3.10. The summed E-state index contributed by atoms with van der Waals surface area (Å²) in [6.45, 7) is 1.73. The molecule has 0 aromatic heterocycles. The van der Waals surface area contributed by atoms with Crippen molar-refractivity contribution in [2.75, 3.05) is 31.6 Å². The van der Waals surface area contributed by atoms with Gasteiger partial charge >= 0.3 is 0 Å². The Morgan fingerprint density at radius 3 is 2.67 bits per heavy atom. The monoisotopic (exact) mass is 368 g/mol. The summed E-state index contributed by atoms with van der Waals surface area (Å²) in [5, 5.41) is 0. The summed E-state index contributed by atoms with van der Waals surface area (Å²) in [5.74, 6) is 0.305. The van der Waals surface area contributed by atoms with Crippen molar-refractivity contribution in [1.82, 2.24) is 4.90 Å². The molecule has 2 aliphatic heterocycles. The van der Waals surface area contributed by atoms with E-state index in [9.17, 15) is 14.0 Å². The quantitative estimate of drug-likeness (QED) is 0.837. The van der Waals surface area contributed by atoms with E-state index in [1.165, 1.54) is 24.3 Å². The number of rotatable bonds is 3. The fourth-order valence-corrected chi connectivity index (χ4v) is 4.07. The van der Waals surface area contributed by atoms with Crippen LogP contribution in [-0.4, -0.2) is 43.5 Å². The number of methoxy groups -OCH3 is 1. The minimum Gasteiger partial charge on any atom is -0.497 e. The van der Waals surface area contributed by atoms with E-state index in [0.29, 0.717) is 37.4 Å². The van der Waals surface area contributed by atoms with E-state index in [1.807, 2.05) is 24.3 Å². The Bertz CT molecular complexity index is 883. The second-order valence-corrected chi connectivity index (χ2v) is 7.34. The molecule has 2 aliphatic rings. The van der Waals surface area contributed by atoms with E-state index in [1.54, 1.807) is 16.9 Å². The van der Waals surface area contributed by atoms with Crippen LogP contribution < -0.4 is 9.64 Å². The predicted molar refractivity (Wildman–Crippen MR) is 99.3 cm³/mol. The van der Waals surface area contributed by atoms with Crippen molar-refractivity contribution in [2.45, 2.75) is 12.8 Å². The Morgan fingerprint density at radius 1 is 1.15 bits per heavy atom. The molecule has 2 aromatic rings. The third-order valence-corrected chi connectivity index (χ3v) is 5.50. The minimum atomic E-state index is -0.361. The molecule has 1 atom stereocenters. The normalized spacial score (nSPS) is 21.9. The summed E-state index contributed by atoms with van der Waals surface area (Å²) in [7, 11) is 1.60. The summed E-state index contributed by atoms with van der Waals surface area (Å²) in [5.41, 5.74) is 1.07. The highest BCUT2D eigenvalue weighted by Gasteiger charge is 2.48. The number of anilines is 1. The molecule has 1 spiro atoms. The molecule has 2 amide bonds. The first-order valence-electron chi connectivity index (χ1n) is 8.99. The number of hydrogen-bond acceptors (Lipinski definition) is 3. The fraction of sp³-hybridized carbons (Fsp3) is 0.333. The lowest BCUT2D eigenvalue weighted by Crippen LogP contribution is -2.34. The largest absolute Gasteiger partial charge is 0.497 e. The van der Waals surface area contributed by atoms with E-state index < -0.39 is 0 Å². The number of likely N-dealkylation sites (tertiary alicyclic amines) is 1. The van der Waals surface area contributed by atoms with E-state index in [4.69, 9.17) is 4.74 Å². The van der Waals surface area contributed by atoms with Gasteiger partial charge in [0.15, 0.2) is 0 Å². The lowest BCUT2D eigenvalue weighted by molar-refractivity contribution is -0.117. The van der Waals surface area contributed by atoms with Crippen LogP contribution in [0.15, 0.2) is 48.5 Å². The van der Waals surface area contributed by atoms with Gasteiger partial charge in [-0.05, 0) is 42.8 Å². The maximum absolute atomic E-state index is 13.1. The van der Waals surface area contributed by atoms with Crippen LogP contribution in [0.25, 0.3) is 0 Å². The average molecular weight is 368 g/mol. The van der Waals surface area contributed by atoms with Gasteiger partial charge in [0.05, 0.1) is 7.11 Å². The molecular formula is C21H21FN2O3. The van der Waals surface area contributed by atoms with Gasteiger partial charge in [-0.15, -0.1) is 0 Å². The number of benzene rings is 2. The summed E-state index contributed by atoms with van der Waals surface area (Å²) >= 11 is 0. The number of amides is 2. The molecule has 6 heteroatoms. The van der Waals surface area contributed by atoms with Crippen molar-refractivity contribution in [3.63, 3.8) is 0 Å². The molecule has 2 aromatic carbocycles. The summed E-state index contributed by atoms with van der Waals surface area (Å²) in [4.78, 5) is 28.9. The van der Waals surface area contributed by atoms with Crippen molar-refractivity contribution in [3.8, 4) is 5.75 Å². The number of hydrogen-bond donors (Lipinski definition) is 0. The molecule has 2 saturated heterocycles. The Kier molecular flexibility index (Phi) is 4.34. The van der Waals surface area contributed by atoms with E-state index >= 15 is 0 Å². The molecule has 5 nitrogen and oxygen atoms in total. The van der Waals surface area contributed by atoms with Crippen LogP contribution >= 0.6 is 0 Å². The number of ether oxygens (including phenoxy) is 1. The van der Waals surface area contributed by atoms with Gasteiger partial charge in [-0.3, -0.25) is 9.59 Å². The SMILES string of the molecule is COc1cccc(N2CC3(CCN(C(=O)c4ccc(F)cc4)C3)CC2=O)c1. The van der Waals surface area contributed by atoms with Crippen LogP contribution in [0.3, 0.4) is 0 Å². The first kappa shape index (κ1) is 17.5. The number of carbonyl (C=O) groups excluding carboxylic acids is 2. The zero-order valence-corrected chi connectivity index (χ0v) is 15.2. The fourth-order valence-electron chi connectivity index (χ4n) is 4.07. The minimum absolute atomic E-state index is 0.0688. The standard InChI is InChI=1S/C21H21FN2O3/c1-27-18-4-2-3-17(11-18)24-14-21(12-19(24)25)9-10-23(13-21)20(26)15-5-7-16(22)8-6-15/h2-8,11H,9-10,12-14H2,1H3. The Balaban J connectivity index is 1.49. The van der Waals surface area contributed by atoms with Crippen molar-refractivity contribution >= 4 is 17.5 Å². The smallest absolute Gasteiger partial charge is 0.253 e. The van der Waals surface area contributed by atoms with E-state index in [2.05, 4.69) is 0 Å². The van der Waals surface area contributed by atoms with E-state index in [0.717, 1.165) is 12.1 Å². The van der Waals surface area contributed by atoms with Crippen LogP contribution in [0.1, 0.15) is 23.2 Å². The molecule has 27 heavy (non-hydrogen) atoms. The molecule has 0 N–H and O–H groups in total. The van der Waals surface area contributed by atoms with Gasteiger partial charge in [0, 0.05) is 48.8 Å². The van der Waals surface area contributed by atoms with Crippen LogP contribution in [0.4, 0.5) is 10.1 Å². The number of halogens is 1. The summed E-state index contributed by atoms with van der Waals surface area (Å²) in [6.07, 6.45) is 1.21. The van der Waals surface area contributed by atoms with Gasteiger partial charge in [-0.25, -0.2) is 4.39 Å². The van der Waals surface area contributed by atoms with Gasteiger partial charge in [-0.2, -0.15) is 0 Å². The van der Waals surface area contributed by atoms with Crippen LogP contribution in [0, 0.1) is 11.2 Å². The van der Waals surface area contributed by atoms with Crippen LogP contribution in [0.2, 0.25) is 0 Å². The summed E-state index contributed by atoms with van der Waals surface area (Å²) in [6, 6.07) is 13.1. The molecule has 0 saturated carbocycles. The molecule has 1 unspecified atom stereocenters. The highest BCUT2D eigenvalue weighted by molar-refractivity contribution is 5.97. The second-order valence-electron chi connectivity index (χ2n) is 7.34. The average Bonchev–Trinajstić information content (AvgIpc) is 3.24. The first-order valence-corrected chi connectivity index (χ1v) is 8.99. The van der Waals surface area contributed by atoms with Gasteiger partial charge < -0.3 is 14.5 Å². The van der Waals surface area contributed by atoms with Crippen LogP contribution in [0.5, 0.6) is 5.75 Å². The molecule has 4 rings (SSSR count). The second kappa shape index (κ2) is 6.68. The molecule has 2 heterocycles. The molecule has 0 aliphatic carbocycles. The molecule has 0 radical (unpaired) electrons. The zero-order valence-electron chi connectivity index (χ0n) is 15.2. The van der Waals surface area contributed by atoms with Crippen molar-refractivity contribution in [2.24, 2.45) is 5.41 Å². The van der Waals surface area contributed by atoms with Gasteiger partial charge in [0.2, 0.25) is 5.91 Å². The highest BCUT2D eigenvalue weighted by atomic mass is 19.1. The molecule has 0 bridgehead atoms. The molecule has 2 fully saturated rings. The maximum Gasteiger partial charge on any atom is 0.253 e. The Hall–Kier alpha value is -2.89. The first-order chi connectivity index (χ1) is 13.0. The van der Waals surface area contributed by atoms with Gasteiger partial charge in [-0.1, -0.05) is 6.07 Å². The topological polar surface area (TPSA) is 49.9 Å². The lowest BCUT2D eigenvalue weighted by atomic mass is 9.86. The van der Waals surface area contributed by atoms with Crippen LogP contribution in [-0.2, 0) is 4.79 Å². The van der Waals surface area contributed by atoms with E-state index in [-0.39, 0.29) is 23.0 Å². The van der Waals surface area contributed by atoms with Gasteiger partial charge in [0.1, 0.15) is 11.6 Å². The van der Waals surface area contributed by atoms with Crippen molar-refractivity contribution in [1.29, 1.82) is 0 Å². The molecule has 140 valence electrons. The summed E-state index contributed by atoms with van der Waals surface area (Å²) < 4.78 is 18.3. The number of carbonyl (C=O) groups is 2. The Labute approximate surface area is 157 Å². The number of nitrogens with zero attached hydrogens (tertiary/aromatic N) is 2. The van der Waals surface area contributed by atoms with Crippen molar-refractivity contribution in [3.05, 3.63) is 59.9 Å². The maximum atomic E-state index is 13.1. The van der Waals surface area contributed by atoms with Crippen molar-refractivity contribution < 1.29 is 18.7 Å². The van der Waals surface area contributed by atoms with Gasteiger partial charge in [0.25, 0.3) is 5.91 Å². The Morgan fingerprint density at radius 2 is 1.93 bits per heavy atom. The highest BCUT2D eigenvalue weighted by Crippen LogP contribution is 2.42. The third-order valence-electron chi connectivity index (χ3n) is 5.50. The molecular weight excluding hydrogens is 347 g/mol. The zero-order chi connectivity index (χ0) is 19.0.